The van der Waals surface area contributed by atoms with E-state index >= 15 is 0 Å². The van der Waals surface area contributed by atoms with E-state index in [0.29, 0.717) is 22.0 Å². The second-order valence-electron chi connectivity index (χ2n) is 7.83. The van der Waals surface area contributed by atoms with Gasteiger partial charge in [-0.05, 0) is 60.9 Å². The third-order valence-corrected chi connectivity index (χ3v) is 5.97. The van der Waals surface area contributed by atoms with E-state index < -0.39 is 0 Å². The second-order valence-corrected chi connectivity index (χ2v) is 8.70. The number of carbonyl (C=O) groups is 1. The van der Waals surface area contributed by atoms with Gasteiger partial charge in [-0.1, -0.05) is 66.9 Å². The smallest absolute Gasteiger partial charge is 0.251 e. The van der Waals surface area contributed by atoms with Crippen molar-refractivity contribution in [2.45, 2.75) is 38.8 Å². The van der Waals surface area contributed by atoms with Crippen molar-refractivity contribution in [1.29, 1.82) is 0 Å². The number of halogens is 2. The Kier molecular flexibility index (Phi) is 7.13. The van der Waals surface area contributed by atoms with E-state index in [4.69, 9.17) is 28.2 Å². The third kappa shape index (κ3) is 5.14. The number of nitrogens with zero attached hydrogens (tertiary/aromatic N) is 2. The van der Waals surface area contributed by atoms with Crippen LogP contribution >= 0.6 is 23.2 Å². The highest BCUT2D eigenvalue weighted by atomic mass is 35.5. The summed E-state index contributed by atoms with van der Waals surface area (Å²) >= 11 is 12.2. The predicted molar refractivity (Wildman–Crippen MR) is 131 cm³/mol. The number of fused-ring (bicyclic) bond motifs is 1. The molecular weight excluding hydrogens is 441 g/mol. The summed E-state index contributed by atoms with van der Waals surface area (Å²) in [5, 5.41) is 4.46. The molecule has 0 saturated heterocycles. The highest BCUT2D eigenvalue weighted by molar-refractivity contribution is 6.31. The van der Waals surface area contributed by atoms with Gasteiger partial charge in [0.2, 0.25) is 0 Å². The third-order valence-electron chi connectivity index (χ3n) is 5.48. The maximum atomic E-state index is 13.1. The molecule has 1 unspecified atom stereocenters. The largest absolute Gasteiger partial charge is 0.342 e. The quantitative estimate of drug-likeness (QED) is 0.309. The molecule has 1 amide bonds. The van der Waals surface area contributed by atoms with E-state index in [0.717, 1.165) is 41.8 Å². The van der Waals surface area contributed by atoms with Crippen molar-refractivity contribution in [2.24, 2.45) is 0 Å². The summed E-state index contributed by atoms with van der Waals surface area (Å²) in [6.07, 6.45) is 2.71. The molecule has 0 aliphatic rings. The SMILES string of the molecule is CCCCn1c(C(Cc2ccccc2)NC(=O)c2ccc(Cl)cc2)nc2cc(Cl)ccc21. The summed E-state index contributed by atoms with van der Waals surface area (Å²) in [5.41, 5.74) is 3.55. The van der Waals surface area contributed by atoms with Gasteiger partial charge in [0.15, 0.2) is 0 Å². The molecule has 0 saturated carbocycles. The van der Waals surface area contributed by atoms with Crippen LogP contribution in [0.2, 0.25) is 10.0 Å². The molecular formula is C26H25Cl2N3O. The van der Waals surface area contributed by atoms with Crippen LogP contribution in [-0.4, -0.2) is 15.5 Å². The van der Waals surface area contributed by atoms with Crippen LogP contribution in [0.15, 0.2) is 72.8 Å². The van der Waals surface area contributed by atoms with E-state index in [9.17, 15) is 4.79 Å². The van der Waals surface area contributed by atoms with Crippen LogP contribution in [-0.2, 0) is 13.0 Å². The maximum absolute atomic E-state index is 13.1. The normalized spacial score (nSPS) is 12.1. The van der Waals surface area contributed by atoms with Gasteiger partial charge in [-0.3, -0.25) is 4.79 Å². The number of benzene rings is 3. The highest BCUT2D eigenvalue weighted by Gasteiger charge is 2.23. The summed E-state index contributed by atoms with van der Waals surface area (Å²) in [4.78, 5) is 18.0. The number of nitrogens with one attached hydrogen (secondary N) is 1. The first kappa shape index (κ1) is 22.4. The molecule has 6 heteroatoms. The molecule has 32 heavy (non-hydrogen) atoms. The molecule has 4 nitrogen and oxygen atoms in total. The van der Waals surface area contributed by atoms with Gasteiger partial charge >= 0.3 is 0 Å². The molecule has 0 aliphatic heterocycles. The Morgan fingerprint density at radius 2 is 1.72 bits per heavy atom. The van der Waals surface area contributed by atoms with Crippen LogP contribution in [0, 0.1) is 0 Å². The monoisotopic (exact) mass is 465 g/mol. The molecule has 0 aliphatic carbocycles. The first-order chi connectivity index (χ1) is 15.5. The zero-order valence-corrected chi connectivity index (χ0v) is 19.4. The van der Waals surface area contributed by atoms with E-state index in [1.165, 1.54) is 0 Å². The lowest BCUT2D eigenvalue weighted by atomic mass is 10.0. The van der Waals surface area contributed by atoms with Crippen LogP contribution in [0.3, 0.4) is 0 Å². The van der Waals surface area contributed by atoms with Gasteiger partial charge in [-0.15, -0.1) is 0 Å². The number of hydrogen-bond acceptors (Lipinski definition) is 2. The highest BCUT2D eigenvalue weighted by Crippen LogP contribution is 2.27. The lowest BCUT2D eigenvalue weighted by molar-refractivity contribution is 0.0934. The fourth-order valence-corrected chi connectivity index (χ4v) is 4.13. The minimum atomic E-state index is -0.302. The first-order valence-electron chi connectivity index (χ1n) is 10.8. The molecule has 0 bridgehead atoms. The zero-order valence-electron chi connectivity index (χ0n) is 17.9. The average Bonchev–Trinajstić information content (AvgIpc) is 3.15. The standard InChI is InChI=1S/C26H25Cl2N3O/c1-2-3-15-31-24-14-13-21(28)17-22(24)29-25(31)23(16-18-7-5-4-6-8-18)30-26(32)19-9-11-20(27)12-10-19/h4-14,17,23H,2-3,15-16H2,1H3,(H,30,32). The Hall–Kier alpha value is -2.82. The summed E-state index contributed by atoms with van der Waals surface area (Å²) in [7, 11) is 0. The topological polar surface area (TPSA) is 46.9 Å². The van der Waals surface area contributed by atoms with Crippen LogP contribution in [0.4, 0.5) is 0 Å². The van der Waals surface area contributed by atoms with Gasteiger partial charge in [0.25, 0.3) is 5.91 Å². The minimum Gasteiger partial charge on any atom is -0.342 e. The Labute approximate surface area is 198 Å². The molecule has 0 fully saturated rings. The number of rotatable bonds is 8. The number of amides is 1. The molecule has 1 aromatic heterocycles. The number of carbonyl (C=O) groups excluding carboxylic acids is 1. The van der Waals surface area contributed by atoms with Gasteiger partial charge in [0.05, 0.1) is 17.1 Å². The fraction of sp³-hybridized carbons (Fsp3) is 0.231. The van der Waals surface area contributed by atoms with Crippen LogP contribution < -0.4 is 5.32 Å². The number of aromatic nitrogens is 2. The minimum absolute atomic E-state index is 0.158. The van der Waals surface area contributed by atoms with E-state index in [1.807, 2.05) is 36.4 Å². The van der Waals surface area contributed by atoms with Crippen molar-refractivity contribution in [3.8, 4) is 0 Å². The van der Waals surface area contributed by atoms with E-state index in [1.54, 1.807) is 24.3 Å². The van der Waals surface area contributed by atoms with Gasteiger partial charge in [0, 0.05) is 22.2 Å². The van der Waals surface area contributed by atoms with Gasteiger partial charge in [0.1, 0.15) is 5.82 Å². The molecule has 0 radical (unpaired) electrons. The lowest BCUT2D eigenvalue weighted by Gasteiger charge is -2.20. The summed E-state index contributed by atoms with van der Waals surface area (Å²) in [6, 6.07) is 22.5. The predicted octanol–water partition coefficient (Wildman–Crippen LogP) is 6.86. The van der Waals surface area contributed by atoms with Gasteiger partial charge in [-0.25, -0.2) is 4.98 Å². The van der Waals surface area contributed by atoms with Crippen molar-refractivity contribution in [3.63, 3.8) is 0 Å². The molecule has 1 N–H and O–H groups in total. The Morgan fingerprint density at radius 1 is 1.00 bits per heavy atom. The van der Waals surface area contributed by atoms with Crippen LogP contribution in [0.25, 0.3) is 11.0 Å². The van der Waals surface area contributed by atoms with Gasteiger partial charge in [-0.2, -0.15) is 0 Å². The van der Waals surface area contributed by atoms with Crippen LogP contribution in [0.5, 0.6) is 0 Å². The molecule has 4 aromatic rings. The second kappa shape index (κ2) is 10.2. The lowest BCUT2D eigenvalue weighted by Crippen LogP contribution is -2.32. The fourth-order valence-electron chi connectivity index (χ4n) is 3.84. The summed E-state index contributed by atoms with van der Waals surface area (Å²) in [5.74, 6) is 0.677. The molecule has 4 rings (SSSR count). The maximum Gasteiger partial charge on any atom is 0.251 e. The number of imidazole rings is 1. The van der Waals surface area contributed by atoms with Crippen LogP contribution in [0.1, 0.15) is 47.6 Å². The molecule has 1 atom stereocenters. The van der Waals surface area contributed by atoms with Gasteiger partial charge < -0.3 is 9.88 Å². The Balaban J connectivity index is 1.75. The van der Waals surface area contributed by atoms with Crippen molar-refractivity contribution in [3.05, 3.63) is 99.8 Å². The molecule has 3 aromatic carbocycles. The summed E-state index contributed by atoms with van der Waals surface area (Å²) in [6.45, 7) is 2.99. The summed E-state index contributed by atoms with van der Waals surface area (Å²) < 4.78 is 2.21. The molecule has 1 heterocycles. The number of unbranched alkanes of at least 4 members (excludes halogenated alkanes) is 1. The Morgan fingerprint density at radius 3 is 2.44 bits per heavy atom. The zero-order chi connectivity index (χ0) is 22.5. The van der Waals surface area contributed by atoms with Crippen molar-refractivity contribution >= 4 is 40.1 Å². The average molecular weight is 466 g/mol. The first-order valence-corrected chi connectivity index (χ1v) is 11.6. The van der Waals surface area contributed by atoms with Crippen molar-refractivity contribution in [1.82, 2.24) is 14.9 Å². The molecule has 164 valence electrons. The number of aryl methyl sites for hydroxylation is 1. The Bertz CT molecular complexity index is 1200. The van der Waals surface area contributed by atoms with Crippen molar-refractivity contribution < 1.29 is 4.79 Å². The van der Waals surface area contributed by atoms with Crippen molar-refractivity contribution in [2.75, 3.05) is 0 Å². The van der Waals surface area contributed by atoms with E-state index in [2.05, 4.69) is 28.9 Å². The van der Waals surface area contributed by atoms with E-state index in [-0.39, 0.29) is 11.9 Å². The number of hydrogen-bond donors (Lipinski definition) is 1. The molecule has 0 spiro atoms.